The maximum atomic E-state index is 12.1. The van der Waals surface area contributed by atoms with Gasteiger partial charge in [0.15, 0.2) is 6.61 Å². The van der Waals surface area contributed by atoms with Crippen molar-refractivity contribution in [3.8, 4) is 5.75 Å². The Morgan fingerprint density at radius 1 is 1.04 bits per heavy atom. The summed E-state index contributed by atoms with van der Waals surface area (Å²) < 4.78 is 6.43. The predicted molar refractivity (Wildman–Crippen MR) is 118 cm³/mol. The first-order valence-electron chi connectivity index (χ1n) is 8.77. The Kier molecular flexibility index (Phi) is 6.95. The molecule has 0 atom stereocenters. The minimum Gasteiger partial charge on any atom is -0.483 e. The number of para-hydroxylation sites is 1. The van der Waals surface area contributed by atoms with Crippen LogP contribution in [-0.2, 0) is 11.3 Å². The second kappa shape index (κ2) is 9.62. The molecule has 2 N–H and O–H groups in total. The zero-order valence-electron chi connectivity index (χ0n) is 15.3. The number of benzene rings is 3. The van der Waals surface area contributed by atoms with Crippen molar-refractivity contribution in [2.24, 2.45) is 0 Å². The number of nitrogens with one attached hydrogen (secondary N) is 2. The molecule has 0 heterocycles. The predicted octanol–water partition coefficient (Wildman–Crippen LogP) is 6.04. The van der Waals surface area contributed by atoms with Crippen LogP contribution in [0.2, 0.25) is 5.02 Å². The molecule has 0 bridgehead atoms. The Hall–Kier alpha value is -2.50. The normalized spacial score (nSPS) is 10.4. The number of hydrogen-bond acceptors (Lipinski definition) is 3. The van der Waals surface area contributed by atoms with Crippen LogP contribution in [0.5, 0.6) is 5.75 Å². The van der Waals surface area contributed by atoms with Crippen LogP contribution in [-0.4, -0.2) is 12.5 Å². The third kappa shape index (κ3) is 5.75. The van der Waals surface area contributed by atoms with Crippen LogP contribution in [0.3, 0.4) is 0 Å². The van der Waals surface area contributed by atoms with Crippen LogP contribution in [0, 0.1) is 6.92 Å². The minimum atomic E-state index is -0.248. The van der Waals surface area contributed by atoms with Crippen molar-refractivity contribution in [2.75, 3.05) is 17.2 Å². The SMILES string of the molecule is Cc1ccc(NC(=O)COc2ccc(CNc3ccccc3)cc2Br)cc1Cl. The van der Waals surface area contributed by atoms with E-state index in [2.05, 4.69) is 26.6 Å². The molecule has 0 aromatic heterocycles. The first-order valence-corrected chi connectivity index (χ1v) is 9.94. The van der Waals surface area contributed by atoms with Gasteiger partial charge < -0.3 is 15.4 Å². The lowest BCUT2D eigenvalue weighted by Crippen LogP contribution is -2.20. The molecule has 4 nitrogen and oxygen atoms in total. The van der Waals surface area contributed by atoms with Gasteiger partial charge >= 0.3 is 0 Å². The fourth-order valence-corrected chi connectivity index (χ4v) is 3.26. The summed E-state index contributed by atoms with van der Waals surface area (Å²) in [5.74, 6) is 0.363. The average Bonchev–Trinajstić information content (AvgIpc) is 2.69. The van der Waals surface area contributed by atoms with Crippen LogP contribution < -0.4 is 15.4 Å². The molecule has 0 aliphatic rings. The largest absolute Gasteiger partial charge is 0.483 e. The van der Waals surface area contributed by atoms with Crippen LogP contribution in [0.25, 0.3) is 0 Å². The summed E-state index contributed by atoms with van der Waals surface area (Å²) in [6.45, 7) is 2.51. The van der Waals surface area contributed by atoms with E-state index < -0.39 is 0 Å². The third-order valence-corrected chi connectivity index (χ3v) is 5.11. The van der Waals surface area contributed by atoms with Crippen molar-refractivity contribution >= 4 is 44.8 Å². The molecular weight excluding hydrogens is 440 g/mol. The lowest BCUT2D eigenvalue weighted by molar-refractivity contribution is -0.118. The van der Waals surface area contributed by atoms with Gasteiger partial charge in [0.25, 0.3) is 5.91 Å². The van der Waals surface area contributed by atoms with E-state index in [1.165, 1.54) is 0 Å². The van der Waals surface area contributed by atoms with Crippen molar-refractivity contribution in [1.82, 2.24) is 0 Å². The highest BCUT2D eigenvalue weighted by molar-refractivity contribution is 9.10. The van der Waals surface area contributed by atoms with Crippen LogP contribution in [0.1, 0.15) is 11.1 Å². The topological polar surface area (TPSA) is 50.4 Å². The lowest BCUT2D eigenvalue weighted by atomic mass is 10.2. The highest BCUT2D eigenvalue weighted by Gasteiger charge is 2.08. The van der Waals surface area contributed by atoms with E-state index >= 15 is 0 Å². The number of amides is 1. The molecule has 3 aromatic rings. The molecule has 0 aliphatic carbocycles. The molecule has 6 heteroatoms. The molecule has 0 fully saturated rings. The molecule has 0 unspecified atom stereocenters. The number of hydrogen-bond donors (Lipinski definition) is 2. The quantitative estimate of drug-likeness (QED) is 0.453. The second-order valence-electron chi connectivity index (χ2n) is 6.29. The molecule has 3 rings (SSSR count). The Bertz CT molecular complexity index is 964. The Morgan fingerprint density at radius 2 is 1.82 bits per heavy atom. The zero-order chi connectivity index (χ0) is 19.9. The monoisotopic (exact) mass is 458 g/mol. The van der Waals surface area contributed by atoms with Crippen molar-refractivity contribution in [1.29, 1.82) is 0 Å². The number of anilines is 2. The van der Waals surface area contributed by atoms with E-state index in [4.69, 9.17) is 16.3 Å². The number of aryl methyl sites for hydroxylation is 1. The van der Waals surface area contributed by atoms with Gasteiger partial charge in [-0.3, -0.25) is 4.79 Å². The van der Waals surface area contributed by atoms with E-state index in [9.17, 15) is 4.79 Å². The van der Waals surface area contributed by atoms with E-state index in [1.54, 1.807) is 6.07 Å². The fraction of sp³-hybridized carbons (Fsp3) is 0.136. The van der Waals surface area contributed by atoms with Gasteiger partial charge in [0.05, 0.1) is 4.47 Å². The average molecular weight is 460 g/mol. The van der Waals surface area contributed by atoms with Gasteiger partial charge in [-0.2, -0.15) is 0 Å². The van der Waals surface area contributed by atoms with E-state index in [1.807, 2.05) is 67.6 Å². The molecule has 3 aromatic carbocycles. The molecule has 0 radical (unpaired) electrons. The van der Waals surface area contributed by atoms with Gasteiger partial charge in [-0.15, -0.1) is 0 Å². The number of ether oxygens (including phenoxy) is 1. The molecule has 0 saturated carbocycles. The summed E-state index contributed by atoms with van der Waals surface area (Å²) in [6, 6.07) is 21.2. The molecule has 0 spiro atoms. The van der Waals surface area contributed by atoms with Crippen LogP contribution in [0.15, 0.2) is 71.2 Å². The smallest absolute Gasteiger partial charge is 0.262 e. The molecule has 0 aliphatic heterocycles. The van der Waals surface area contributed by atoms with Gasteiger partial charge in [0.1, 0.15) is 5.75 Å². The highest BCUT2D eigenvalue weighted by Crippen LogP contribution is 2.26. The number of rotatable bonds is 7. The van der Waals surface area contributed by atoms with Crippen molar-refractivity contribution in [3.05, 3.63) is 87.4 Å². The second-order valence-corrected chi connectivity index (χ2v) is 7.55. The summed E-state index contributed by atoms with van der Waals surface area (Å²) in [4.78, 5) is 12.1. The molecule has 144 valence electrons. The summed E-state index contributed by atoms with van der Waals surface area (Å²) in [5.41, 5.74) is 3.76. The summed E-state index contributed by atoms with van der Waals surface area (Å²) >= 11 is 9.58. The zero-order valence-corrected chi connectivity index (χ0v) is 17.7. The maximum absolute atomic E-state index is 12.1. The van der Waals surface area contributed by atoms with Crippen molar-refractivity contribution < 1.29 is 9.53 Å². The van der Waals surface area contributed by atoms with Gasteiger partial charge in [-0.25, -0.2) is 0 Å². The Labute approximate surface area is 178 Å². The van der Waals surface area contributed by atoms with Gasteiger partial charge in [-0.1, -0.05) is 41.9 Å². The summed E-state index contributed by atoms with van der Waals surface area (Å²) in [6.07, 6.45) is 0. The third-order valence-electron chi connectivity index (χ3n) is 4.08. The first-order chi connectivity index (χ1) is 13.5. The number of carbonyl (C=O) groups is 1. The lowest BCUT2D eigenvalue weighted by Gasteiger charge is -2.11. The van der Waals surface area contributed by atoms with E-state index in [0.29, 0.717) is 23.0 Å². The van der Waals surface area contributed by atoms with Crippen LogP contribution >= 0.6 is 27.5 Å². The maximum Gasteiger partial charge on any atom is 0.262 e. The molecule has 1 amide bonds. The molecular formula is C22H20BrClN2O2. The first kappa shape index (κ1) is 20.2. The van der Waals surface area contributed by atoms with Crippen molar-refractivity contribution in [2.45, 2.75) is 13.5 Å². The van der Waals surface area contributed by atoms with E-state index in [-0.39, 0.29) is 12.5 Å². The standard InChI is InChI=1S/C22H20BrClN2O2/c1-15-7-9-18(12-20(15)24)26-22(27)14-28-21-10-8-16(11-19(21)23)13-25-17-5-3-2-4-6-17/h2-12,25H,13-14H2,1H3,(H,26,27). The Morgan fingerprint density at radius 3 is 2.54 bits per heavy atom. The van der Waals surface area contributed by atoms with Gasteiger partial charge in [0, 0.05) is 22.9 Å². The molecule has 28 heavy (non-hydrogen) atoms. The van der Waals surface area contributed by atoms with Gasteiger partial charge in [-0.05, 0) is 70.4 Å². The van der Waals surface area contributed by atoms with Crippen LogP contribution in [0.4, 0.5) is 11.4 Å². The minimum absolute atomic E-state index is 0.0916. The number of halogens is 2. The Balaban J connectivity index is 1.52. The summed E-state index contributed by atoms with van der Waals surface area (Å²) in [5, 5.41) is 6.75. The summed E-state index contributed by atoms with van der Waals surface area (Å²) in [7, 11) is 0. The molecule has 0 saturated heterocycles. The van der Waals surface area contributed by atoms with Gasteiger partial charge in [0.2, 0.25) is 0 Å². The van der Waals surface area contributed by atoms with Crippen molar-refractivity contribution in [3.63, 3.8) is 0 Å². The number of carbonyl (C=O) groups excluding carboxylic acids is 1. The highest BCUT2D eigenvalue weighted by atomic mass is 79.9. The fourth-order valence-electron chi connectivity index (χ4n) is 2.54. The van der Waals surface area contributed by atoms with E-state index in [0.717, 1.165) is 21.3 Å².